The van der Waals surface area contributed by atoms with Gasteiger partial charge >= 0.3 is 0 Å². The van der Waals surface area contributed by atoms with E-state index in [1.54, 1.807) is 17.8 Å². The smallest absolute Gasteiger partial charge is 0.0924 e. The molecule has 2 aromatic rings. The van der Waals surface area contributed by atoms with Gasteiger partial charge < -0.3 is 0 Å². The minimum Gasteiger partial charge on any atom is -0.193 e. The summed E-state index contributed by atoms with van der Waals surface area (Å²) in [5.41, 5.74) is 1.07. The molecule has 0 spiro atoms. The van der Waals surface area contributed by atoms with Gasteiger partial charge in [-0.1, -0.05) is 60.3 Å². The van der Waals surface area contributed by atoms with Gasteiger partial charge in [0.05, 0.1) is 6.07 Å². The number of hydrogen-bond donors (Lipinski definition) is 0. The lowest BCUT2D eigenvalue weighted by Crippen LogP contribution is -1.79. The summed E-state index contributed by atoms with van der Waals surface area (Å²) in [6.07, 6.45) is 1.59. The third-order valence-corrected chi connectivity index (χ3v) is 3.31. The SMILES string of the molecule is N#C/C=C(/Sc1ccccc1)c1ccccc1. The number of rotatable bonds is 3. The molecule has 0 aliphatic heterocycles. The van der Waals surface area contributed by atoms with Crippen molar-refractivity contribution >= 4 is 16.7 Å². The van der Waals surface area contributed by atoms with Crippen molar-refractivity contribution < 1.29 is 0 Å². The highest BCUT2D eigenvalue weighted by molar-refractivity contribution is 8.08. The van der Waals surface area contributed by atoms with Crippen molar-refractivity contribution in [3.8, 4) is 6.07 Å². The average Bonchev–Trinajstić information content (AvgIpc) is 2.40. The number of allylic oxidation sites excluding steroid dienone is 1. The van der Waals surface area contributed by atoms with Crippen LogP contribution in [0.5, 0.6) is 0 Å². The van der Waals surface area contributed by atoms with Crippen molar-refractivity contribution in [3.05, 3.63) is 72.3 Å². The second-order valence-electron chi connectivity index (χ2n) is 3.42. The van der Waals surface area contributed by atoms with Crippen molar-refractivity contribution in [2.75, 3.05) is 0 Å². The third kappa shape index (κ3) is 3.24. The van der Waals surface area contributed by atoms with E-state index >= 15 is 0 Å². The third-order valence-electron chi connectivity index (χ3n) is 2.22. The van der Waals surface area contributed by atoms with Crippen LogP contribution >= 0.6 is 11.8 Å². The molecule has 17 heavy (non-hydrogen) atoms. The molecule has 0 atom stereocenters. The van der Waals surface area contributed by atoms with Gasteiger partial charge in [0.25, 0.3) is 0 Å². The molecule has 0 aliphatic carbocycles. The van der Waals surface area contributed by atoms with Crippen LogP contribution in [0.3, 0.4) is 0 Å². The summed E-state index contributed by atoms with van der Waals surface area (Å²) in [6, 6.07) is 22.1. The summed E-state index contributed by atoms with van der Waals surface area (Å²) in [6.45, 7) is 0. The monoisotopic (exact) mass is 237 g/mol. The van der Waals surface area contributed by atoms with Gasteiger partial charge in [-0.15, -0.1) is 0 Å². The number of nitrogens with zero attached hydrogens (tertiary/aromatic N) is 1. The summed E-state index contributed by atoms with van der Waals surface area (Å²) in [5, 5.41) is 8.84. The van der Waals surface area contributed by atoms with E-state index in [9.17, 15) is 0 Å². The van der Waals surface area contributed by atoms with Crippen molar-refractivity contribution in [1.82, 2.24) is 0 Å². The predicted molar refractivity (Wildman–Crippen MR) is 72.3 cm³/mol. The molecule has 0 N–H and O–H groups in total. The van der Waals surface area contributed by atoms with Gasteiger partial charge in [0.2, 0.25) is 0 Å². The van der Waals surface area contributed by atoms with Crippen molar-refractivity contribution in [1.29, 1.82) is 5.26 Å². The summed E-state index contributed by atoms with van der Waals surface area (Å²) in [7, 11) is 0. The Balaban J connectivity index is 2.27. The minimum atomic E-state index is 0.972. The number of hydrogen-bond acceptors (Lipinski definition) is 2. The van der Waals surface area contributed by atoms with E-state index in [1.165, 1.54) is 0 Å². The standard InChI is InChI=1S/C15H11NS/c16-12-11-15(13-7-3-1-4-8-13)17-14-9-5-2-6-10-14/h1-11H/b15-11+. The van der Waals surface area contributed by atoms with Crippen molar-refractivity contribution in [2.24, 2.45) is 0 Å². The van der Waals surface area contributed by atoms with Crippen molar-refractivity contribution in [2.45, 2.75) is 4.90 Å². The lowest BCUT2D eigenvalue weighted by Gasteiger charge is -2.05. The van der Waals surface area contributed by atoms with E-state index < -0.39 is 0 Å². The second-order valence-corrected chi connectivity index (χ2v) is 4.53. The molecule has 0 aromatic heterocycles. The van der Waals surface area contributed by atoms with Crippen LogP contribution in [0.2, 0.25) is 0 Å². The zero-order valence-electron chi connectivity index (χ0n) is 9.21. The largest absolute Gasteiger partial charge is 0.193 e. The van der Waals surface area contributed by atoms with Crippen molar-refractivity contribution in [3.63, 3.8) is 0 Å². The first kappa shape index (κ1) is 11.5. The Morgan fingerprint density at radius 1 is 0.941 bits per heavy atom. The van der Waals surface area contributed by atoms with Crippen LogP contribution in [0.1, 0.15) is 5.56 Å². The molecule has 0 heterocycles. The Hall–Kier alpha value is -1.98. The molecule has 0 fully saturated rings. The van der Waals surface area contributed by atoms with Crippen LogP contribution in [-0.4, -0.2) is 0 Å². The molecule has 2 heteroatoms. The van der Waals surface area contributed by atoms with Gasteiger partial charge in [-0.2, -0.15) is 5.26 Å². The van der Waals surface area contributed by atoms with Crippen LogP contribution in [0.4, 0.5) is 0 Å². The van der Waals surface area contributed by atoms with Crippen LogP contribution in [0, 0.1) is 11.3 Å². The molecule has 0 unspecified atom stereocenters. The first-order valence-corrected chi connectivity index (χ1v) is 6.10. The Labute approximate surface area is 105 Å². The molecular formula is C15H11NS. The van der Waals surface area contributed by atoms with Gasteiger partial charge in [-0.05, 0) is 17.7 Å². The van der Waals surface area contributed by atoms with Crippen LogP contribution < -0.4 is 0 Å². The maximum atomic E-state index is 8.84. The zero-order valence-corrected chi connectivity index (χ0v) is 10.0. The second kappa shape index (κ2) is 5.93. The average molecular weight is 237 g/mol. The molecule has 82 valence electrons. The fraction of sp³-hybridized carbons (Fsp3) is 0. The van der Waals surface area contributed by atoms with E-state index in [-0.39, 0.29) is 0 Å². The zero-order chi connectivity index (χ0) is 11.9. The van der Waals surface area contributed by atoms with Crippen LogP contribution in [-0.2, 0) is 0 Å². The number of nitriles is 1. The molecule has 1 nitrogen and oxygen atoms in total. The summed E-state index contributed by atoms with van der Waals surface area (Å²) in [5.74, 6) is 0. The summed E-state index contributed by atoms with van der Waals surface area (Å²) >= 11 is 1.60. The molecule has 0 bridgehead atoms. The maximum absolute atomic E-state index is 8.84. The Kier molecular flexibility index (Phi) is 4.01. The Morgan fingerprint density at radius 3 is 2.12 bits per heavy atom. The highest BCUT2D eigenvalue weighted by Crippen LogP contribution is 2.33. The van der Waals surface area contributed by atoms with Gasteiger partial charge in [0, 0.05) is 15.9 Å². The van der Waals surface area contributed by atoms with Gasteiger partial charge in [-0.25, -0.2) is 0 Å². The first-order chi connectivity index (χ1) is 8.40. The Bertz CT molecular complexity index is 538. The molecule has 0 saturated carbocycles. The maximum Gasteiger partial charge on any atom is 0.0924 e. The normalized spacial score (nSPS) is 10.9. The molecular weight excluding hydrogens is 226 g/mol. The fourth-order valence-electron chi connectivity index (χ4n) is 1.45. The molecule has 2 rings (SSSR count). The van der Waals surface area contributed by atoms with E-state index in [2.05, 4.69) is 6.07 Å². The van der Waals surface area contributed by atoms with Crippen LogP contribution in [0.25, 0.3) is 4.91 Å². The fourth-order valence-corrected chi connectivity index (χ4v) is 2.36. The number of thioether (sulfide) groups is 1. The first-order valence-electron chi connectivity index (χ1n) is 5.28. The summed E-state index contributed by atoms with van der Waals surface area (Å²) in [4.78, 5) is 2.11. The number of benzene rings is 2. The van der Waals surface area contributed by atoms with E-state index in [4.69, 9.17) is 5.26 Å². The van der Waals surface area contributed by atoms with Crippen LogP contribution in [0.15, 0.2) is 71.6 Å². The lowest BCUT2D eigenvalue weighted by atomic mass is 10.2. The minimum absolute atomic E-state index is 0.972. The van der Waals surface area contributed by atoms with Gasteiger partial charge in [0.1, 0.15) is 0 Å². The summed E-state index contributed by atoms with van der Waals surface area (Å²) < 4.78 is 0. The predicted octanol–water partition coefficient (Wildman–Crippen LogP) is 4.34. The molecule has 0 aliphatic rings. The molecule has 2 aromatic carbocycles. The van der Waals surface area contributed by atoms with E-state index in [0.29, 0.717) is 0 Å². The van der Waals surface area contributed by atoms with E-state index in [0.717, 1.165) is 15.4 Å². The molecule has 0 saturated heterocycles. The van der Waals surface area contributed by atoms with Gasteiger partial charge in [-0.3, -0.25) is 0 Å². The van der Waals surface area contributed by atoms with Gasteiger partial charge in [0.15, 0.2) is 0 Å². The topological polar surface area (TPSA) is 23.8 Å². The highest BCUT2D eigenvalue weighted by Gasteiger charge is 2.03. The molecule has 0 radical (unpaired) electrons. The highest BCUT2D eigenvalue weighted by atomic mass is 32.2. The molecule has 0 amide bonds. The quantitative estimate of drug-likeness (QED) is 0.585. The van der Waals surface area contributed by atoms with E-state index in [1.807, 2.05) is 60.7 Å². The Morgan fingerprint density at radius 2 is 1.53 bits per heavy atom. The lowest BCUT2D eigenvalue weighted by molar-refractivity contribution is 1.47.